The van der Waals surface area contributed by atoms with Crippen LogP contribution in [0.3, 0.4) is 0 Å². The minimum atomic E-state index is -0.808. The highest BCUT2D eigenvalue weighted by atomic mass is 16.6. The molecule has 142 valence electrons. The first-order chi connectivity index (χ1) is 13.1. The van der Waals surface area contributed by atoms with Crippen molar-refractivity contribution < 1.29 is 23.9 Å². The Bertz CT molecular complexity index is 791. The summed E-state index contributed by atoms with van der Waals surface area (Å²) in [5.41, 5.74) is 0.888. The van der Waals surface area contributed by atoms with Gasteiger partial charge < -0.3 is 14.4 Å². The van der Waals surface area contributed by atoms with E-state index in [-0.39, 0.29) is 19.1 Å². The van der Waals surface area contributed by atoms with E-state index in [0.29, 0.717) is 13.0 Å². The van der Waals surface area contributed by atoms with Crippen molar-refractivity contribution in [3.63, 3.8) is 0 Å². The van der Waals surface area contributed by atoms with Gasteiger partial charge in [0, 0.05) is 25.5 Å². The highest BCUT2D eigenvalue weighted by Crippen LogP contribution is 2.28. The number of carbonyl (C=O) groups excluding carboxylic acids is 3. The van der Waals surface area contributed by atoms with Crippen LogP contribution in [-0.2, 0) is 20.9 Å². The first kappa shape index (κ1) is 18.6. The van der Waals surface area contributed by atoms with E-state index in [4.69, 9.17) is 9.47 Å². The molecule has 1 aliphatic heterocycles. The molecule has 1 aliphatic rings. The third-order valence-electron chi connectivity index (χ3n) is 4.63. The van der Waals surface area contributed by atoms with Crippen molar-refractivity contribution in [1.29, 1.82) is 0 Å². The Balaban J connectivity index is 1.56. The molecule has 8 nitrogen and oxygen atoms in total. The Kier molecular flexibility index (Phi) is 5.85. The summed E-state index contributed by atoms with van der Waals surface area (Å²) in [7, 11) is 0. The van der Waals surface area contributed by atoms with Crippen LogP contribution in [0.4, 0.5) is 9.59 Å². The Morgan fingerprint density at radius 1 is 1.15 bits per heavy atom. The van der Waals surface area contributed by atoms with Crippen molar-refractivity contribution in [2.75, 3.05) is 13.1 Å². The molecule has 1 amide bonds. The van der Waals surface area contributed by atoms with E-state index in [0.717, 1.165) is 10.1 Å². The van der Waals surface area contributed by atoms with Crippen molar-refractivity contribution >= 4 is 18.2 Å². The number of likely N-dealkylation sites (tertiary alicyclic amines) is 1. The average molecular weight is 371 g/mol. The second-order valence-electron chi connectivity index (χ2n) is 6.38. The van der Waals surface area contributed by atoms with Crippen LogP contribution < -0.4 is 0 Å². The van der Waals surface area contributed by atoms with Crippen molar-refractivity contribution in [2.45, 2.75) is 20.0 Å². The van der Waals surface area contributed by atoms with E-state index in [1.807, 2.05) is 37.3 Å². The van der Waals surface area contributed by atoms with Gasteiger partial charge in [0.2, 0.25) is 0 Å². The van der Waals surface area contributed by atoms with E-state index >= 15 is 0 Å². The second-order valence-corrected chi connectivity index (χ2v) is 6.38. The van der Waals surface area contributed by atoms with Crippen LogP contribution in [0.25, 0.3) is 0 Å². The Hall–Kier alpha value is -3.16. The molecule has 0 N–H and O–H groups in total. The molecular weight excluding hydrogens is 350 g/mol. The molecule has 3 rings (SSSR count). The first-order valence-corrected chi connectivity index (χ1v) is 8.78. The first-order valence-electron chi connectivity index (χ1n) is 8.78. The molecule has 27 heavy (non-hydrogen) atoms. The maximum atomic E-state index is 12.4. The largest absolute Gasteiger partial charge is 0.445 e. The van der Waals surface area contributed by atoms with Gasteiger partial charge in [-0.2, -0.15) is 0 Å². The summed E-state index contributed by atoms with van der Waals surface area (Å²) in [4.78, 5) is 41.9. The second kappa shape index (κ2) is 8.48. The molecule has 8 heteroatoms. The van der Waals surface area contributed by atoms with Crippen molar-refractivity contribution in [3.05, 3.63) is 54.6 Å². The number of rotatable bonds is 4. The topological polar surface area (TPSA) is 90.7 Å². The summed E-state index contributed by atoms with van der Waals surface area (Å²) < 4.78 is 11.3. The zero-order valence-corrected chi connectivity index (χ0v) is 15.0. The van der Waals surface area contributed by atoms with Crippen LogP contribution >= 0.6 is 0 Å². The third-order valence-corrected chi connectivity index (χ3v) is 4.63. The molecule has 0 aliphatic carbocycles. The fraction of sp³-hybridized carbons (Fsp3) is 0.368. The SMILES string of the molecule is CCC1CN(C(=O)OCc2ccccc2)CC1C(=O)OC(=O)n1ccnc1. The molecule has 2 heterocycles. The normalized spacial score (nSPS) is 18.9. The van der Waals surface area contributed by atoms with E-state index in [1.54, 1.807) is 0 Å². The summed E-state index contributed by atoms with van der Waals surface area (Å²) in [6.07, 6.45) is 3.47. The molecule has 0 saturated carbocycles. The lowest BCUT2D eigenvalue weighted by atomic mass is 9.94. The standard InChI is InChI=1S/C19H21N3O5/c1-2-15-10-22(18(24)26-12-14-6-4-3-5-7-14)11-16(15)17(23)27-19(25)21-9-8-20-13-21/h3-9,13,15-16H,2,10-12H2,1H3. The number of imidazole rings is 1. The van der Waals surface area contributed by atoms with Crippen LogP contribution in [0, 0.1) is 11.8 Å². The summed E-state index contributed by atoms with van der Waals surface area (Å²) in [5.74, 6) is -1.29. The van der Waals surface area contributed by atoms with Gasteiger partial charge in [-0.25, -0.2) is 19.1 Å². The number of esters is 1. The van der Waals surface area contributed by atoms with Gasteiger partial charge in [-0.3, -0.25) is 4.79 Å². The number of amides is 1. The maximum Gasteiger partial charge on any atom is 0.427 e. The smallest absolute Gasteiger partial charge is 0.427 e. The van der Waals surface area contributed by atoms with Gasteiger partial charge in [-0.15, -0.1) is 0 Å². The lowest BCUT2D eigenvalue weighted by Gasteiger charge is -2.16. The molecule has 2 unspecified atom stereocenters. The van der Waals surface area contributed by atoms with Crippen LogP contribution in [0.2, 0.25) is 0 Å². The summed E-state index contributed by atoms with van der Waals surface area (Å²) >= 11 is 0. The van der Waals surface area contributed by atoms with E-state index in [2.05, 4.69) is 4.98 Å². The van der Waals surface area contributed by atoms with Crippen LogP contribution in [0.5, 0.6) is 0 Å². The number of hydrogen-bond donors (Lipinski definition) is 0. The van der Waals surface area contributed by atoms with Crippen LogP contribution in [0.15, 0.2) is 49.1 Å². The molecule has 2 aromatic rings. The molecular formula is C19H21N3O5. The molecule has 1 saturated heterocycles. The van der Waals surface area contributed by atoms with Gasteiger partial charge in [0.15, 0.2) is 0 Å². The van der Waals surface area contributed by atoms with Crippen LogP contribution in [-0.4, -0.2) is 45.7 Å². The third kappa shape index (κ3) is 4.52. The Labute approximate surface area is 156 Å². The summed E-state index contributed by atoms with van der Waals surface area (Å²) in [6, 6.07) is 9.37. The Morgan fingerprint density at radius 2 is 1.93 bits per heavy atom. The van der Waals surface area contributed by atoms with Crippen molar-refractivity contribution in [1.82, 2.24) is 14.5 Å². The van der Waals surface area contributed by atoms with Crippen molar-refractivity contribution in [2.24, 2.45) is 11.8 Å². The molecule has 2 atom stereocenters. The zero-order chi connectivity index (χ0) is 19.2. The number of benzene rings is 1. The molecule has 0 spiro atoms. The van der Waals surface area contributed by atoms with E-state index in [1.165, 1.54) is 23.6 Å². The van der Waals surface area contributed by atoms with Gasteiger partial charge in [0.05, 0.1) is 5.92 Å². The molecule has 1 aromatic carbocycles. The molecule has 0 bridgehead atoms. The predicted molar refractivity (Wildman–Crippen MR) is 94.6 cm³/mol. The highest BCUT2D eigenvalue weighted by molar-refractivity contribution is 5.87. The average Bonchev–Trinajstić information content (AvgIpc) is 3.36. The number of carbonyl (C=O) groups is 3. The van der Waals surface area contributed by atoms with Crippen molar-refractivity contribution in [3.8, 4) is 0 Å². The van der Waals surface area contributed by atoms with Gasteiger partial charge in [-0.1, -0.05) is 43.7 Å². The number of hydrogen-bond acceptors (Lipinski definition) is 6. The molecule has 0 radical (unpaired) electrons. The summed E-state index contributed by atoms with van der Waals surface area (Å²) in [6.45, 7) is 2.66. The van der Waals surface area contributed by atoms with Crippen LogP contribution in [0.1, 0.15) is 18.9 Å². The van der Waals surface area contributed by atoms with Gasteiger partial charge in [0.25, 0.3) is 0 Å². The quantitative estimate of drug-likeness (QED) is 0.606. The fourth-order valence-corrected chi connectivity index (χ4v) is 3.09. The zero-order valence-electron chi connectivity index (χ0n) is 15.0. The Morgan fingerprint density at radius 3 is 2.59 bits per heavy atom. The molecule has 1 fully saturated rings. The molecule has 1 aromatic heterocycles. The summed E-state index contributed by atoms with van der Waals surface area (Å²) in [5, 5.41) is 0. The maximum absolute atomic E-state index is 12.4. The number of aromatic nitrogens is 2. The predicted octanol–water partition coefficient (Wildman–Crippen LogP) is 2.69. The van der Waals surface area contributed by atoms with Gasteiger partial charge >= 0.3 is 18.2 Å². The number of ether oxygens (including phenoxy) is 2. The van der Waals surface area contributed by atoms with E-state index in [9.17, 15) is 14.4 Å². The monoisotopic (exact) mass is 371 g/mol. The number of nitrogens with zero attached hydrogens (tertiary/aromatic N) is 3. The minimum Gasteiger partial charge on any atom is -0.445 e. The van der Waals surface area contributed by atoms with E-state index < -0.39 is 24.1 Å². The van der Waals surface area contributed by atoms with Gasteiger partial charge in [-0.05, 0) is 11.5 Å². The van der Waals surface area contributed by atoms with Gasteiger partial charge in [0.1, 0.15) is 12.9 Å². The highest BCUT2D eigenvalue weighted by Gasteiger charge is 2.41. The minimum absolute atomic E-state index is 0.0858. The lowest BCUT2D eigenvalue weighted by molar-refractivity contribution is -0.142. The lowest BCUT2D eigenvalue weighted by Crippen LogP contribution is -2.31. The fourth-order valence-electron chi connectivity index (χ4n) is 3.09.